The van der Waals surface area contributed by atoms with E-state index < -0.39 is 11.7 Å². The maximum Gasteiger partial charge on any atom is 0.417 e. The fourth-order valence-electron chi connectivity index (χ4n) is 2.52. The molecule has 0 spiro atoms. The number of hydrogen-bond acceptors (Lipinski definition) is 0. The third kappa shape index (κ3) is 3.25. The van der Waals surface area contributed by atoms with E-state index in [0.717, 1.165) is 17.2 Å². The summed E-state index contributed by atoms with van der Waals surface area (Å²) in [5, 5.41) is 0.422. The van der Waals surface area contributed by atoms with Crippen LogP contribution in [0, 0.1) is 0 Å². The molecule has 0 aliphatic carbocycles. The van der Waals surface area contributed by atoms with Crippen LogP contribution in [0.2, 0.25) is 5.02 Å². The van der Waals surface area contributed by atoms with Crippen molar-refractivity contribution in [3.05, 3.63) is 83.4 Å². The van der Waals surface area contributed by atoms with Gasteiger partial charge in [0.2, 0.25) is 0 Å². The van der Waals surface area contributed by atoms with Crippen molar-refractivity contribution in [2.75, 3.05) is 0 Å². The van der Waals surface area contributed by atoms with Crippen molar-refractivity contribution in [2.45, 2.75) is 6.18 Å². The van der Waals surface area contributed by atoms with Crippen molar-refractivity contribution in [3.63, 3.8) is 0 Å². The Balaban J connectivity index is 2.09. The molecule has 3 aromatic carbocycles. The lowest BCUT2D eigenvalue weighted by Gasteiger charge is -2.14. The molecule has 0 aromatic heterocycles. The second-order valence-electron chi connectivity index (χ2n) is 5.10. The van der Waals surface area contributed by atoms with E-state index in [1.807, 2.05) is 30.3 Å². The van der Waals surface area contributed by atoms with E-state index in [1.54, 1.807) is 24.3 Å². The lowest BCUT2D eigenvalue weighted by Crippen LogP contribution is -2.06. The molecule has 0 fully saturated rings. The number of hydrogen-bond donors (Lipinski definition) is 0. The van der Waals surface area contributed by atoms with E-state index in [1.165, 1.54) is 12.1 Å². The highest BCUT2D eigenvalue weighted by Gasteiger charge is 2.33. The van der Waals surface area contributed by atoms with Crippen molar-refractivity contribution in [1.29, 1.82) is 0 Å². The summed E-state index contributed by atoms with van der Waals surface area (Å²) in [6, 6.07) is 20.0. The van der Waals surface area contributed by atoms with Crippen LogP contribution in [0.25, 0.3) is 22.3 Å². The Kier molecular flexibility index (Phi) is 4.14. The first-order valence-corrected chi connectivity index (χ1v) is 7.36. The molecule has 0 saturated carbocycles. The second-order valence-corrected chi connectivity index (χ2v) is 5.51. The summed E-state index contributed by atoms with van der Waals surface area (Å²) in [7, 11) is 0. The zero-order valence-corrected chi connectivity index (χ0v) is 12.7. The number of halogens is 4. The molecule has 0 atom stereocenters. The van der Waals surface area contributed by atoms with Gasteiger partial charge in [-0.15, -0.1) is 0 Å². The van der Waals surface area contributed by atoms with Crippen LogP contribution < -0.4 is 0 Å². The van der Waals surface area contributed by atoms with E-state index in [-0.39, 0.29) is 5.56 Å². The lowest BCUT2D eigenvalue weighted by atomic mass is 9.96. The van der Waals surface area contributed by atoms with E-state index in [4.69, 9.17) is 11.6 Å². The Bertz CT molecular complexity index is 824. The molecule has 0 N–H and O–H groups in total. The lowest BCUT2D eigenvalue weighted by molar-refractivity contribution is -0.137. The predicted molar refractivity (Wildman–Crippen MR) is 87.3 cm³/mol. The first-order valence-electron chi connectivity index (χ1n) is 6.98. The normalized spacial score (nSPS) is 11.5. The van der Waals surface area contributed by atoms with Gasteiger partial charge in [0.05, 0.1) is 5.56 Å². The van der Waals surface area contributed by atoms with E-state index in [2.05, 4.69) is 0 Å². The maximum absolute atomic E-state index is 13.1. The molecule has 0 saturated heterocycles. The first-order chi connectivity index (χ1) is 11.0. The quantitative estimate of drug-likeness (QED) is 0.490. The Hall–Kier alpha value is -2.26. The van der Waals surface area contributed by atoms with Gasteiger partial charge in [0.15, 0.2) is 0 Å². The van der Waals surface area contributed by atoms with Gasteiger partial charge in [0.1, 0.15) is 0 Å². The minimum absolute atomic E-state index is 0.126. The van der Waals surface area contributed by atoms with Gasteiger partial charge < -0.3 is 0 Å². The number of benzene rings is 3. The summed E-state index contributed by atoms with van der Waals surface area (Å²) in [5.74, 6) is 0. The molecule has 0 unspecified atom stereocenters. The molecule has 3 aromatic rings. The van der Waals surface area contributed by atoms with Gasteiger partial charge in [-0.05, 0) is 28.8 Å². The molecule has 0 heterocycles. The molecule has 116 valence electrons. The van der Waals surface area contributed by atoms with Crippen LogP contribution in [0.3, 0.4) is 0 Å². The highest BCUT2D eigenvalue weighted by Crippen LogP contribution is 2.39. The molecule has 0 nitrogen and oxygen atoms in total. The second kappa shape index (κ2) is 6.09. The van der Waals surface area contributed by atoms with Crippen molar-refractivity contribution in [3.8, 4) is 22.3 Å². The maximum atomic E-state index is 13.1. The van der Waals surface area contributed by atoms with E-state index in [9.17, 15) is 13.2 Å². The monoisotopic (exact) mass is 332 g/mol. The van der Waals surface area contributed by atoms with Crippen molar-refractivity contribution in [2.24, 2.45) is 0 Å². The van der Waals surface area contributed by atoms with Crippen molar-refractivity contribution in [1.82, 2.24) is 0 Å². The summed E-state index contributed by atoms with van der Waals surface area (Å²) in [4.78, 5) is 0. The first kappa shape index (κ1) is 15.6. The van der Waals surface area contributed by atoms with Crippen molar-refractivity contribution >= 4 is 11.6 Å². The minimum atomic E-state index is -4.40. The molecule has 0 bridgehead atoms. The smallest absolute Gasteiger partial charge is 0.166 e. The van der Waals surface area contributed by atoms with Crippen LogP contribution in [0.5, 0.6) is 0 Å². The van der Waals surface area contributed by atoms with Crippen LogP contribution >= 0.6 is 11.6 Å². The molecular weight excluding hydrogens is 321 g/mol. The van der Waals surface area contributed by atoms with Gasteiger partial charge in [-0.2, -0.15) is 13.2 Å². The molecule has 4 heteroatoms. The molecule has 0 amide bonds. The Morgan fingerprint density at radius 3 is 1.96 bits per heavy atom. The van der Waals surface area contributed by atoms with Gasteiger partial charge >= 0.3 is 6.18 Å². The van der Waals surface area contributed by atoms with Gasteiger partial charge in [-0.3, -0.25) is 0 Å². The third-order valence-electron chi connectivity index (χ3n) is 3.60. The summed E-state index contributed by atoms with van der Waals surface area (Å²) in [6.07, 6.45) is -4.40. The highest BCUT2D eigenvalue weighted by molar-refractivity contribution is 6.33. The van der Waals surface area contributed by atoms with E-state index in [0.29, 0.717) is 10.6 Å². The van der Waals surface area contributed by atoms with Crippen LogP contribution in [0.15, 0.2) is 72.8 Å². The number of rotatable bonds is 2. The Morgan fingerprint density at radius 1 is 0.652 bits per heavy atom. The van der Waals surface area contributed by atoms with Crippen molar-refractivity contribution < 1.29 is 13.2 Å². The van der Waals surface area contributed by atoms with Crippen LogP contribution in [-0.2, 0) is 6.18 Å². The predicted octanol–water partition coefficient (Wildman–Crippen LogP) is 6.69. The Morgan fingerprint density at radius 2 is 1.30 bits per heavy atom. The average Bonchev–Trinajstić information content (AvgIpc) is 2.55. The minimum Gasteiger partial charge on any atom is -0.166 e. The SMILES string of the molecule is FC(F)(F)c1ccccc1-c1ccc(-c2ccccc2)c(Cl)c1. The summed E-state index contributed by atoms with van der Waals surface area (Å²) < 4.78 is 39.4. The van der Waals surface area contributed by atoms with Gasteiger partial charge in [0.25, 0.3) is 0 Å². The summed E-state index contributed by atoms with van der Waals surface area (Å²) in [6.45, 7) is 0. The summed E-state index contributed by atoms with van der Waals surface area (Å²) >= 11 is 6.30. The van der Waals surface area contributed by atoms with Gasteiger partial charge in [-0.1, -0.05) is 72.3 Å². The van der Waals surface area contributed by atoms with Gasteiger partial charge in [-0.25, -0.2) is 0 Å². The fourth-order valence-corrected chi connectivity index (χ4v) is 2.81. The molecule has 0 aliphatic heterocycles. The fraction of sp³-hybridized carbons (Fsp3) is 0.0526. The Labute approximate surface area is 137 Å². The largest absolute Gasteiger partial charge is 0.417 e. The molecular formula is C19H12ClF3. The van der Waals surface area contributed by atoms with Crippen LogP contribution in [0.1, 0.15) is 5.56 Å². The van der Waals surface area contributed by atoms with Crippen LogP contribution in [0.4, 0.5) is 13.2 Å². The van der Waals surface area contributed by atoms with E-state index >= 15 is 0 Å². The van der Waals surface area contributed by atoms with Crippen LogP contribution in [-0.4, -0.2) is 0 Å². The topological polar surface area (TPSA) is 0 Å². The number of alkyl halides is 3. The zero-order chi connectivity index (χ0) is 16.4. The third-order valence-corrected chi connectivity index (χ3v) is 3.91. The molecule has 0 aliphatic rings. The zero-order valence-electron chi connectivity index (χ0n) is 11.9. The molecule has 23 heavy (non-hydrogen) atoms. The standard InChI is InChI=1S/C19H12ClF3/c20-18-12-14(10-11-16(18)13-6-2-1-3-7-13)15-8-4-5-9-17(15)19(21,22)23/h1-12H. The molecule has 3 rings (SSSR count). The van der Waals surface area contributed by atoms with Gasteiger partial charge in [0, 0.05) is 10.6 Å². The highest BCUT2D eigenvalue weighted by atomic mass is 35.5. The molecule has 0 radical (unpaired) electrons. The average molecular weight is 333 g/mol. The summed E-state index contributed by atoms with van der Waals surface area (Å²) in [5.41, 5.74) is 1.63.